The van der Waals surface area contributed by atoms with Crippen LogP contribution in [0.2, 0.25) is 5.02 Å². The van der Waals surface area contributed by atoms with E-state index in [1.807, 2.05) is 49.4 Å². The van der Waals surface area contributed by atoms with Gasteiger partial charge in [0.25, 0.3) is 0 Å². The van der Waals surface area contributed by atoms with E-state index in [0.717, 1.165) is 23.7 Å². The van der Waals surface area contributed by atoms with Crippen LogP contribution in [0.15, 0.2) is 54.6 Å². The first-order valence-corrected chi connectivity index (χ1v) is 8.74. The van der Waals surface area contributed by atoms with E-state index in [-0.39, 0.29) is 17.8 Å². The fourth-order valence-corrected chi connectivity index (χ4v) is 3.71. The highest BCUT2D eigenvalue weighted by Crippen LogP contribution is 2.37. The molecule has 4 heteroatoms. The molecule has 0 radical (unpaired) electrons. The molecule has 0 bridgehead atoms. The van der Waals surface area contributed by atoms with Gasteiger partial charge in [-0.3, -0.25) is 9.69 Å². The number of ether oxygens (including phenoxy) is 1. The fourth-order valence-electron chi connectivity index (χ4n) is 3.44. The van der Waals surface area contributed by atoms with Gasteiger partial charge in [0.1, 0.15) is 0 Å². The zero-order chi connectivity index (χ0) is 16.9. The molecule has 0 aromatic heterocycles. The standard InChI is InChI=1S/C20H22ClNO2/c1-2-24-20(23)18-14-22(12-15-8-4-3-5-9-15)13-17(18)16-10-6-7-11-19(16)21/h3-11,17-18H,2,12-14H2,1H3. The maximum Gasteiger partial charge on any atom is 0.310 e. The lowest BCUT2D eigenvalue weighted by molar-refractivity contribution is -0.148. The Morgan fingerprint density at radius 3 is 2.54 bits per heavy atom. The van der Waals surface area contributed by atoms with Gasteiger partial charge in [-0.2, -0.15) is 0 Å². The maximum atomic E-state index is 12.4. The van der Waals surface area contributed by atoms with Crippen LogP contribution in [0.3, 0.4) is 0 Å². The van der Waals surface area contributed by atoms with Crippen molar-refractivity contribution in [3.63, 3.8) is 0 Å². The first-order valence-electron chi connectivity index (χ1n) is 8.36. The Bertz CT molecular complexity index is 689. The summed E-state index contributed by atoms with van der Waals surface area (Å²) < 4.78 is 5.31. The molecule has 0 saturated carbocycles. The fraction of sp³-hybridized carbons (Fsp3) is 0.350. The van der Waals surface area contributed by atoms with Gasteiger partial charge in [-0.05, 0) is 24.1 Å². The quantitative estimate of drug-likeness (QED) is 0.765. The summed E-state index contributed by atoms with van der Waals surface area (Å²) in [5.41, 5.74) is 2.28. The van der Waals surface area contributed by atoms with Crippen molar-refractivity contribution in [2.75, 3.05) is 19.7 Å². The van der Waals surface area contributed by atoms with Gasteiger partial charge in [0.05, 0.1) is 12.5 Å². The summed E-state index contributed by atoms with van der Waals surface area (Å²) in [6.07, 6.45) is 0. The molecule has 2 aromatic rings. The normalized spacial score (nSPS) is 20.9. The van der Waals surface area contributed by atoms with Gasteiger partial charge in [-0.1, -0.05) is 60.1 Å². The number of carbonyl (C=O) groups excluding carboxylic acids is 1. The van der Waals surface area contributed by atoms with E-state index < -0.39 is 0 Å². The average molecular weight is 344 g/mol. The second-order valence-corrected chi connectivity index (χ2v) is 6.57. The van der Waals surface area contributed by atoms with Gasteiger partial charge in [0.15, 0.2) is 0 Å². The summed E-state index contributed by atoms with van der Waals surface area (Å²) >= 11 is 6.39. The number of nitrogens with zero attached hydrogens (tertiary/aromatic N) is 1. The second kappa shape index (κ2) is 7.82. The number of halogens is 1. The first kappa shape index (κ1) is 17.0. The van der Waals surface area contributed by atoms with Crippen molar-refractivity contribution in [3.8, 4) is 0 Å². The molecule has 126 valence electrons. The van der Waals surface area contributed by atoms with Crippen LogP contribution in [-0.2, 0) is 16.1 Å². The summed E-state index contributed by atoms with van der Waals surface area (Å²) in [6, 6.07) is 18.1. The van der Waals surface area contributed by atoms with Crippen molar-refractivity contribution >= 4 is 17.6 Å². The molecule has 1 aliphatic rings. The molecule has 24 heavy (non-hydrogen) atoms. The van der Waals surface area contributed by atoms with Crippen molar-refractivity contribution in [1.29, 1.82) is 0 Å². The van der Waals surface area contributed by atoms with E-state index in [0.29, 0.717) is 13.2 Å². The Kier molecular flexibility index (Phi) is 5.54. The summed E-state index contributed by atoms with van der Waals surface area (Å²) in [7, 11) is 0. The molecule has 1 heterocycles. The van der Waals surface area contributed by atoms with Crippen molar-refractivity contribution < 1.29 is 9.53 Å². The predicted octanol–water partition coefficient (Wildman–Crippen LogP) is 4.12. The van der Waals surface area contributed by atoms with E-state index in [1.54, 1.807) is 0 Å². The lowest BCUT2D eigenvalue weighted by atomic mass is 9.89. The lowest BCUT2D eigenvalue weighted by Crippen LogP contribution is -2.25. The van der Waals surface area contributed by atoms with Crippen LogP contribution < -0.4 is 0 Å². The number of likely N-dealkylation sites (tertiary alicyclic amines) is 1. The molecule has 2 atom stereocenters. The Morgan fingerprint density at radius 1 is 1.12 bits per heavy atom. The highest BCUT2D eigenvalue weighted by Gasteiger charge is 2.40. The van der Waals surface area contributed by atoms with Crippen LogP contribution in [-0.4, -0.2) is 30.6 Å². The Hall–Kier alpha value is -1.84. The third-order valence-corrected chi connectivity index (χ3v) is 4.88. The van der Waals surface area contributed by atoms with Gasteiger partial charge in [-0.15, -0.1) is 0 Å². The summed E-state index contributed by atoms with van der Waals surface area (Å²) in [6.45, 7) is 4.59. The lowest BCUT2D eigenvalue weighted by Gasteiger charge is -2.18. The van der Waals surface area contributed by atoms with Crippen LogP contribution >= 0.6 is 11.6 Å². The third kappa shape index (κ3) is 3.80. The van der Waals surface area contributed by atoms with E-state index in [9.17, 15) is 4.79 Å². The van der Waals surface area contributed by atoms with E-state index >= 15 is 0 Å². The molecule has 1 fully saturated rings. The summed E-state index contributed by atoms with van der Waals surface area (Å²) in [4.78, 5) is 14.8. The van der Waals surface area contributed by atoms with Crippen molar-refractivity contribution in [1.82, 2.24) is 4.90 Å². The molecule has 1 aliphatic heterocycles. The van der Waals surface area contributed by atoms with E-state index in [2.05, 4.69) is 17.0 Å². The van der Waals surface area contributed by atoms with Crippen molar-refractivity contribution in [2.45, 2.75) is 19.4 Å². The van der Waals surface area contributed by atoms with Crippen LogP contribution in [0.5, 0.6) is 0 Å². The number of carbonyl (C=O) groups is 1. The van der Waals surface area contributed by atoms with Crippen LogP contribution in [0.1, 0.15) is 24.0 Å². The van der Waals surface area contributed by atoms with Crippen LogP contribution in [0, 0.1) is 5.92 Å². The molecule has 3 nitrogen and oxygen atoms in total. The topological polar surface area (TPSA) is 29.5 Å². The Morgan fingerprint density at radius 2 is 1.83 bits per heavy atom. The van der Waals surface area contributed by atoms with Gasteiger partial charge in [0.2, 0.25) is 0 Å². The summed E-state index contributed by atoms with van der Waals surface area (Å²) in [5.74, 6) is -0.229. The van der Waals surface area contributed by atoms with Crippen LogP contribution in [0.25, 0.3) is 0 Å². The second-order valence-electron chi connectivity index (χ2n) is 6.17. The third-order valence-electron chi connectivity index (χ3n) is 4.54. The van der Waals surface area contributed by atoms with Crippen molar-refractivity contribution in [2.24, 2.45) is 5.92 Å². The number of benzene rings is 2. The molecule has 0 N–H and O–H groups in total. The molecule has 0 amide bonds. The number of esters is 1. The first-order chi connectivity index (χ1) is 11.7. The minimum absolute atomic E-state index is 0.0708. The minimum Gasteiger partial charge on any atom is -0.466 e. The molecule has 2 aromatic carbocycles. The maximum absolute atomic E-state index is 12.4. The molecule has 2 unspecified atom stereocenters. The molecule has 3 rings (SSSR count). The van der Waals surface area contributed by atoms with Gasteiger partial charge in [-0.25, -0.2) is 0 Å². The Labute approximate surface area is 148 Å². The average Bonchev–Trinajstić information content (AvgIpc) is 3.00. The largest absolute Gasteiger partial charge is 0.466 e. The molecule has 0 spiro atoms. The molecular weight excluding hydrogens is 322 g/mol. The van der Waals surface area contributed by atoms with Gasteiger partial charge >= 0.3 is 5.97 Å². The SMILES string of the molecule is CCOC(=O)C1CN(Cc2ccccc2)CC1c1ccccc1Cl. The van der Waals surface area contributed by atoms with Gasteiger partial charge in [0, 0.05) is 30.6 Å². The minimum atomic E-state index is -0.173. The molecule has 1 saturated heterocycles. The monoisotopic (exact) mass is 343 g/mol. The molecule has 0 aliphatic carbocycles. The predicted molar refractivity (Wildman–Crippen MR) is 96.0 cm³/mol. The zero-order valence-electron chi connectivity index (χ0n) is 13.8. The number of rotatable bonds is 5. The number of hydrogen-bond acceptors (Lipinski definition) is 3. The van der Waals surface area contributed by atoms with E-state index in [4.69, 9.17) is 16.3 Å². The van der Waals surface area contributed by atoms with Crippen molar-refractivity contribution in [3.05, 3.63) is 70.7 Å². The highest BCUT2D eigenvalue weighted by atomic mass is 35.5. The highest BCUT2D eigenvalue weighted by molar-refractivity contribution is 6.31. The van der Waals surface area contributed by atoms with Crippen LogP contribution in [0.4, 0.5) is 0 Å². The Balaban J connectivity index is 1.82. The number of hydrogen-bond donors (Lipinski definition) is 0. The summed E-state index contributed by atoms with van der Waals surface area (Å²) in [5, 5.41) is 0.721. The molecular formula is C20H22ClNO2. The zero-order valence-corrected chi connectivity index (χ0v) is 14.6. The van der Waals surface area contributed by atoms with E-state index in [1.165, 1.54) is 5.56 Å². The smallest absolute Gasteiger partial charge is 0.310 e. The van der Waals surface area contributed by atoms with Gasteiger partial charge < -0.3 is 4.74 Å².